The van der Waals surface area contributed by atoms with Crippen LogP contribution in [0, 0.1) is 13.8 Å². The highest BCUT2D eigenvalue weighted by Crippen LogP contribution is 2.20. The van der Waals surface area contributed by atoms with E-state index in [2.05, 4.69) is 4.72 Å². The minimum atomic E-state index is -3.55. The molecule has 19 heavy (non-hydrogen) atoms. The summed E-state index contributed by atoms with van der Waals surface area (Å²) in [7, 11) is -3.55. The summed E-state index contributed by atoms with van der Waals surface area (Å²) in [5.74, 6) is 0.592. The maximum Gasteiger partial charge on any atom is 0.241 e. The third-order valence-corrected chi connectivity index (χ3v) is 4.62. The Labute approximate surface area is 113 Å². The van der Waals surface area contributed by atoms with Crippen LogP contribution in [0.15, 0.2) is 45.9 Å². The van der Waals surface area contributed by atoms with E-state index in [4.69, 9.17) is 4.42 Å². The van der Waals surface area contributed by atoms with E-state index in [-0.39, 0.29) is 0 Å². The maximum atomic E-state index is 12.4. The Kier molecular flexibility index (Phi) is 3.78. The number of rotatable bonds is 4. The second-order valence-electron chi connectivity index (χ2n) is 4.63. The topological polar surface area (TPSA) is 59.3 Å². The lowest BCUT2D eigenvalue weighted by atomic mass is 10.2. The standard InChI is InChI=1S/C14H17NO3S/c1-10-6-7-11(2)14(9-10)19(16,17)15-12(3)13-5-4-8-18-13/h4-9,12,15H,1-3H3/t12-/m0/s1. The Morgan fingerprint density at radius 2 is 1.95 bits per heavy atom. The van der Waals surface area contributed by atoms with Crippen molar-refractivity contribution in [3.05, 3.63) is 53.5 Å². The van der Waals surface area contributed by atoms with Gasteiger partial charge in [-0.2, -0.15) is 0 Å². The summed E-state index contributed by atoms with van der Waals surface area (Å²) in [6, 6.07) is 8.45. The number of aryl methyl sites for hydroxylation is 2. The van der Waals surface area contributed by atoms with E-state index < -0.39 is 16.1 Å². The molecule has 1 aromatic carbocycles. The Morgan fingerprint density at radius 1 is 1.21 bits per heavy atom. The van der Waals surface area contributed by atoms with Gasteiger partial charge in [0.25, 0.3) is 0 Å². The lowest BCUT2D eigenvalue weighted by molar-refractivity contribution is 0.459. The monoisotopic (exact) mass is 279 g/mol. The van der Waals surface area contributed by atoms with Crippen LogP contribution in [0.1, 0.15) is 29.9 Å². The van der Waals surface area contributed by atoms with Gasteiger partial charge in [0.15, 0.2) is 0 Å². The first kappa shape index (κ1) is 13.8. The molecule has 0 amide bonds. The second-order valence-corrected chi connectivity index (χ2v) is 6.31. The van der Waals surface area contributed by atoms with E-state index >= 15 is 0 Å². The molecule has 2 rings (SSSR count). The van der Waals surface area contributed by atoms with E-state index in [1.807, 2.05) is 13.0 Å². The lowest BCUT2D eigenvalue weighted by Gasteiger charge is -2.14. The van der Waals surface area contributed by atoms with Crippen molar-refractivity contribution in [3.63, 3.8) is 0 Å². The number of hydrogen-bond donors (Lipinski definition) is 1. The van der Waals surface area contributed by atoms with Crippen LogP contribution in [0.3, 0.4) is 0 Å². The average Bonchev–Trinajstić information content (AvgIpc) is 2.85. The molecule has 0 unspecified atom stereocenters. The number of nitrogens with one attached hydrogen (secondary N) is 1. The van der Waals surface area contributed by atoms with Crippen LogP contribution in [-0.2, 0) is 10.0 Å². The average molecular weight is 279 g/mol. The Morgan fingerprint density at radius 3 is 2.58 bits per heavy atom. The van der Waals surface area contributed by atoms with Crippen molar-refractivity contribution in [2.24, 2.45) is 0 Å². The predicted octanol–water partition coefficient (Wildman–Crippen LogP) is 2.94. The van der Waals surface area contributed by atoms with Crippen LogP contribution in [0.5, 0.6) is 0 Å². The minimum Gasteiger partial charge on any atom is -0.468 e. The normalized spacial score (nSPS) is 13.4. The molecule has 0 aliphatic heterocycles. The van der Waals surface area contributed by atoms with Gasteiger partial charge < -0.3 is 4.42 Å². The van der Waals surface area contributed by atoms with Crippen LogP contribution in [0.4, 0.5) is 0 Å². The smallest absolute Gasteiger partial charge is 0.241 e. The zero-order valence-electron chi connectivity index (χ0n) is 11.2. The van der Waals surface area contributed by atoms with Crippen molar-refractivity contribution < 1.29 is 12.8 Å². The molecular formula is C14H17NO3S. The summed E-state index contributed by atoms with van der Waals surface area (Å²) < 4.78 is 32.5. The molecule has 5 heteroatoms. The van der Waals surface area contributed by atoms with Crippen molar-refractivity contribution in [1.82, 2.24) is 4.72 Å². The second kappa shape index (κ2) is 5.19. The fraction of sp³-hybridized carbons (Fsp3) is 0.286. The summed E-state index contributed by atoms with van der Waals surface area (Å²) >= 11 is 0. The summed E-state index contributed by atoms with van der Waals surface area (Å²) in [4.78, 5) is 0.311. The molecule has 0 saturated carbocycles. The number of benzene rings is 1. The highest BCUT2D eigenvalue weighted by atomic mass is 32.2. The highest BCUT2D eigenvalue weighted by molar-refractivity contribution is 7.89. The zero-order chi connectivity index (χ0) is 14.0. The highest BCUT2D eigenvalue weighted by Gasteiger charge is 2.21. The Balaban J connectivity index is 2.30. The van der Waals surface area contributed by atoms with Crippen molar-refractivity contribution >= 4 is 10.0 Å². The molecule has 1 atom stereocenters. The molecule has 0 bridgehead atoms. The first-order valence-electron chi connectivity index (χ1n) is 6.03. The van der Waals surface area contributed by atoms with Crippen LogP contribution in [0.25, 0.3) is 0 Å². The molecule has 0 aliphatic rings. The summed E-state index contributed by atoms with van der Waals surface area (Å²) in [6.07, 6.45) is 1.53. The third-order valence-electron chi connectivity index (χ3n) is 2.94. The van der Waals surface area contributed by atoms with Gasteiger partial charge >= 0.3 is 0 Å². The fourth-order valence-electron chi connectivity index (χ4n) is 1.89. The quantitative estimate of drug-likeness (QED) is 0.936. The molecule has 4 nitrogen and oxygen atoms in total. The molecule has 1 heterocycles. The van der Waals surface area contributed by atoms with Crippen molar-refractivity contribution in [3.8, 4) is 0 Å². The van der Waals surface area contributed by atoms with Crippen molar-refractivity contribution in [1.29, 1.82) is 0 Å². The van der Waals surface area contributed by atoms with Gasteiger partial charge in [0, 0.05) is 0 Å². The maximum absolute atomic E-state index is 12.4. The van der Waals surface area contributed by atoms with Gasteiger partial charge in [-0.25, -0.2) is 13.1 Å². The van der Waals surface area contributed by atoms with Crippen LogP contribution < -0.4 is 4.72 Å². The van der Waals surface area contributed by atoms with E-state index in [9.17, 15) is 8.42 Å². The molecule has 0 fully saturated rings. The first-order chi connectivity index (χ1) is 8.90. The molecule has 0 spiro atoms. The van der Waals surface area contributed by atoms with Gasteiger partial charge in [-0.05, 0) is 50.1 Å². The molecule has 2 aromatic rings. The van der Waals surface area contributed by atoms with Gasteiger partial charge in [-0.15, -0.1) is 0 Å². The van der Waals surface area contributed by atoms with Gasteiger partial charge in [0.2, 0.25) is 10.0 Å². The summed E-state index contributed by atoms with van der Waals surface area (Å²) in [6.45, 7) is 5.40. The molecule has 0 aliphatic carbocycles. The molecule has 0 saturated heterocycles. The Bertz CT molecular complexity index is 660. The predicted molar refractivity (Wildman–Crippen MR) is 73.4 cm³/mol. The fourth-order valence-corrected chi connectivity index (χ4v) is 3.43. The molecule has 102 valence electrons. The van der Waals surface area contributed by atoms with E-state index in [1.54, 1.807) is 38.1 Å². The number of furan rings is 1. The van der Waals surface area contributed by atoms with Gasteiger partial charge in [-0.1, -0.05) is 12.1 Å². The van der Waals surface area contributed by atoms with Gasteiger partial charge in [0.05, 0.1) is 17.2 Å². The number of hydrogen-bond acceptors (Lipinski definition) is 3. The van der Waals surface area contributed by atoms with E-state index in [1.165, 1.54) is 6.26 Å². The third kappa shape index (κ3) is 3.05. The van der Waals surface area contributed by atoms with Crippen molar-refractivity contribution in [2.75, 3.05) is 0 Å². The van der Waals surface area contributed by atoms with Crippen molar-refractivity contribution in [2.45, 2.75) is 31.7 Å². The first-order valence-corrected chi connectivity index (χ1v) is 7.51. The SMILES string of the molecule is Cc1ccc(C)c(S(=O)(=O)N[C@@H](C)c2ccco2)c1. The zero-order valence-corrected chi connectivity index (χ0v) is 12.0. The summed E-state index contributed by atoms with van der Waals surface area (Å²) in [5.41, 5.74) is 1.64. The molecule has 0 radical (unpaired) electrons. The van der Waals surface area contributed by atoms with Gasteiger partial charge in [0.1, 0.15) is 5.76 Å². The lowest BCUT2D eigenvalue weighted by Crippen LogP contribution is -2.27. The largest absolute Gasteiger partial charge is 0.468 e. The number of sulfonamides is 1. The Hall–Kier alpha value is -1.59. The van der Waals surface area contributed by atoms with Crippen LogP contribution >= 0.6 is 0 Å². The van der Waals surface area contributed by atoms with Crippen LogP contribution in [-0.4, -0.2) is 8.42 Å². The van der Waals surface area contributed by atoms with E-state index in [0.29, 0.717) is 10.7 Å². The molecular weight excluding hydrogens is 262 g/mol. The summed E-state index contributed by atoms with van der Waals surface area (Å²) in [5, 5.41) is 0. The minimum absolute atomic E-state index is 0.311. The van der Waals surface area contributed by atoms with Gasteiger partial charge in [-0.3, -0.25) is 0 Å². The van der Waals surface area contributed by atoms with Crippen LogP contribution in [0.2, 0.25) is 0 Å². The molecule has 1 aromatic heterocycles. The van der Waals surface area contributed by atoms with E-state index in [0.717, 1.165) is 11.1 Å². The molecule has 1 N–H and O–H groups in total.